The van der Waals surface area contributed by atoms with Crippen LogP contribution in [0.3, 0.4) is 0 Å². The van der Waals surface area contributed by atoms with Crippen LogP contribution < -0.4 is 0 Å². The Bertz CT molecular complexity index is 375. The Morgan fingerprint density at radius 2 is 1.76 bits per heavy atom. The lowest BCUT2D eigenvalue weighted by atomic mass is 9.68. The highest BCUT2D eigenvalue weighted by Gasteiger charge is 2.40. The van der Waals surface area contributed by atoms with Crippen LogP contribution in [0.4, 0.5) is 0 Å². The van der Waals surface area contributed by atoms with Gasteiger partial charge in [0, 0.05) is 0 Å². The average molecular weight is 234 g/mol. The van der Waals surface area contributed by atoms with Crippen LogP contribution >= 0.6 is 0 Å². The molecule has 17 heavy (non-hydrogen) atoms. The summed E-state index contributed by atoms with van der Waals surface area (Å²) < 4.78 is 0. The minimum Gasteiger partial charge on any atom is -0.385 e. The molecular formula is C16H26O. The van der Waals surface area contributed by atoms with Crippen molar-refractivity contribution in [2.24, 2.45) is 11.3 Å². The number of aryl methyl sites for hydroxylation is 1. The van der Waals surface area contributed by atoms with Gasteiger partial charge < -0.3 is 5.11 Å². The van der Waals surface area contributed by atoms with Gasteiger partial charge >= 0.3 is 0 Å². The summed E-state index contributed by atoms with van der Waals surface area (Å²) in [6.07, 6.45) is 1.01. The summed E-state index contributed by atoms with van der Waals surface area (Å²) in [5.41, 5.74) is 1.30. The third-order valence-electron chi connectivity index (χ3n) is 3.82. The van der Waals surface area contributed by atoms with E-state index in [-0.39, 0.29) is 5.41 Å². The molecular weight excluding hydrogens is 208 g/mol. The maximum atomic E-state index is 10.9. The Kier molecular flexibility index (Phi) is 4.03. The highest BCUT2D eigenvalue weighted by Crippen LogP contribution is 2.43. The summed E-state index contributed by atoms with van der Waals surface area (Å²) >= 11 is 0. The third kappa shape index (κ3) is 3.10. The van der Waals surface area contributed by atoms with Crippen LogP contribution in [0, 0.1) is 18.3 Å². The van der Waals surface area contributed by atoms with Gasteiger partial charge in [0.05, 0.1) is 5.60 Å². The molecule has 1 heteroatoms. The topological polar surface area (TPSA) is 20.2 Å². The van der Waals surface area contributed by atoms with Gasteiger partial charge in [0.2, 0.25) is 0 Å². The zero-order valence-corrected chi connectivity index (χ0v) is 12.0. The first-order valence-electron chi connectivity index (χ1n) is 6.46. The van der Waals surface area contributed by atoms with E-state index in [1.165, 1.54) is 5.56 Å². The lowest BCUT2D eigenvalue weighted by Gasteiger charge is -2.42. The molecule has 0 aliphatic heterocycles. The van der Waals surface area contributed by atoms with Crippen molar-refractivity contribution in [2.75, 3.05) is 0 Å². The quantitative estimate of drug-likeness (QED) is 0.824. The number of hydrogen-bond donors (Lipinski definition) is 1. The van der Waals surface area contributed by atoms with Crippen molar-refractivity contribution in [2.45, 2.75) is 53.6 Å². The first-order chi connectivity index (χ1) is 7.67. The number of hydrogen-bond acceptors (Lipinski definition) is 1. The molecule has 0 bridgehead atoms. The fourth-order valence-electron chi connectivity index (χ4n) is 2.56. The second kappa shape index (κ2) is 4.81. The number of rotatable bonds is 4. The van der Waals surface area contributed by atoms with Crippen LogP contribution in [0.1, 0.15) is 52.2 Å². The molecule has 1 atom stereocenters. The van der Waals surface area contributed by atoms with Crippen LogP contribution in [0.25, 0.3) is 0 Å². The van der Waals surface area contributed by atoms with Gasteiger partial charge in [-0.1, -0.05) is 57.5 Å². The fourth-order valence-corrected chi connectivity index (χ4v) is 2.56. The van der Waals surface area contributed by atoms with Crippen molar-refractivity contribution < 1.29 is 5.11 Å². The molecule has 0 heterocycles. The van der Waals surface area contributed by atoms with Crippen LogP contribution in [0.5, 0.6) is 0 Å². The van der Waals surface area contributed by atoms with Gasteiger partial charge in [-0.2, -0.15) is 0 Å². The second-order valence-corrected chi connectivity index (χ2v) is 6.42. The van der Waals surface area contributed by atoms with Crippen molar-refractivity contribution in [1.82, 2.24) is 0 Å². The summed E-state index contributed by atoms with van der Waals surface area (Å²) in [6.45, 7) is 12.7. The Balaban J connectivity index is 3.09. The third-order valence-corrected chi connectivity index (χ3v) is 3.82. The van der Waals surface area contributed by atoms with Crippen molar-refractivity contribution >= 4 is 0 Å². The first kappa shape index (κ1) is 14.2. The molecule has 1 N–H and O–H groups in total. The summed E-state index contributed by atoms with van der Waals surface area (Å²) in [5, 5.41) is 10.9. The fraction of sp³-hybridized carbons (Fsp3) is 0.625. The predicted molar refractivity (Wildman–Crippen MR) is 74.0 cm³/mol. The van der Waals surface area contributed by atoms with Gasteiger partial charge in [-0.25, -0.2) is 0 Å². The molecule has 0 radical (unpaired) electrons. The lowest BCUT2D eigenvalue weighted by Crippen LogP contribution is -2.40. The van der Waals surface area contributed by atoms with Gasteiger partial charge in [-0.3, -0.25) is 0 Å². The normalized spacial score (nSPS) is 16.0. The Labute approximate surface area is 106 Å². The summed E-state index contributed by atoms with van der Waals surface area (Å²) in [5.74, 6) is 0.585. The van der Waals surface area contributed by atoms with E-state index in [4.69, 9.17) is 0 Å². The van der Waals surface area contributed by atoms with E-state index in [1.54, 1.807) is 0 Å². The summed E-state index contributed by atoms with van der Waals surface area (Å²) in [6, 6.07) is 8.19. The van der Waals surface area contributed by atoms with Gasteiger partial charge in [-0.15, -0.1) is 0 Å². The number of aliphatic hydroxyl groups is 1. The van der Waals surface area contributed by atoms with E-state index in [0.29, 0.717) is 5.92 Å². The molecule has 0 aliphatic carbocycles. The first-order valence-corrected chi connectivity index (χ1v) is 6.46. The van der Waals surface area contributed by atoms with Gasteiger partial charge in [-0.05, 0) is 37.2 Å². The SMILES string of the molecule is Cc1cccc([C@@](C)(O)C(C)(C)CC(C)C)c1. The molecule has 0 saturated heterocycles. The maximum absolute atomic E-state index is 10.9. The monoisotopic (exact) mass is 234 g/mol. The molecule has 0 aliphatic rings. The van der Waals surface area contributed by atoms with Gasteiger partial charge in [0.1, 0.15) is 0 Å². The van der Waals surface area contributed by atoms with Gasteiger partial charge in [0.25, 0.3) is 0 Å². The van der Waals surface area contributed by atoms with E-state index in [2.05, 4.69) is 46.8 Å². The van der Waals surface area contributed by atoms with Crippen LogP contribution in [-0.4, -0.2) is 5.11 Å². The molecule has 0 saturated carbocycles. The van der Waals surface area contributed by atoms with E-state index in [9.17, 15) is 5.11 Å². The van der Waals surface area contributed by atoms with E-state index in [1.807, 2.05) is 19.1 Å². The molecule has 0 amide bonds. The van der Waals surface area contributed by atoms with Gasteiger partial charge in [0.15, 0.2) is 0 Å². The molecule has 0 aromatic heterocycles. The van der Waals surface area contributed by atoms with E-state index < -0.39 is 5.60 Å². The standard InChI is InChI=1S/C16H26O/c1-12(2)11-15(4,5)16(6,17)14-9-7-8-13(3)10-14/h7-10,12,17H,11H2,1-6H3/t16-/m1/s1. The Morgan fingerprint density at radius 3 is 2.24 bits per heavy atom. The smallest absolute Gasteiger partial charge is 0.0919 e. The number of benzene rings is 1. The molecule has 0 spiro atoms. The Morgan fingerprint density at radius 1 is 1.18 bits per heavy atom. The summed E-state index contributed by atoms with van der Waals surface area (Å²) in [4.78, 5) is 0. The van der Waals surface area contributed by atoms with Crippen molar-refractivity contribution in [1.29, 1.82) is 0 Å². The zero-order valence-electron chi connectivity index (χ0n) is 12.0. The predicted octanol–water partition coefficient (Wildman–Crippen LogP) is 4.27. The zero-order chi connectivity index (χ0) is 13.3. The average Bonchev–Trinajstić information content (AvgIpc) is 2.15. The summed E-state index contributed by atoms with van der Waals surface area (Å²) in [7, 11) is 0. The van der Waals surface area contributed by atoms with E-state index >= 15 is 0 Å². The largest absolute Gasteiger partial charge is 0.385 e. The Hall–Kier alpha value is -0.820. The van der Waals surface area contributed by atoms with Crippen molar-refractivity contribution in [3.05, 3.63) is 35.4 Å². The highest BCUT2D eigenvalue weighted by atomic mass is 16.3. The molecule has 0 unspecified atom stereocenters. The minimum atomic E-state index is -0.788. The maximum Gasteiger partial charge on any atom is 0.0919 e. The van der Waals surface area contributed by atoms with Crippen molar-refractivity contribution in [3.63, 3.8) is 0 Å². The van der Waals surface area contributed by atoms with Crippen molar-refractivity contribution in [3.8, 4) is 0 Å². The molecule has 0 fully saturated rings. The minimum absolute atomic E-state index is 0.130. The van der Waals surface area contributed by atoms with E-state index in [0.717, 1.165) is 12.0 Å². The van der Waals surface area contributed by atoms with Crippen LogP contribution in [0.15, 0.2) is 24.3 Å². The molecule has 1 rings (SSSR count). The molecule has 1 aromatic rings. The highest BCUT2D eigenvalue weighted by molar-refractivity contribution is 5.28. The second-order valence-electron chi connectivity index (χ2n) is 6.42. The van der Waals surface area contributed by atoms with Crippen LogP contribution in [0.2, 0.25) is 0 Å². The molecule has 1 aromatic carbocycles. The molecule has 96 valence electrons. The van der Waals surface area contributed by atoms with Crippen LogP contribution in [-0.2, 0) is 5.60 Å². The lowest BCUT2D eigenvalue weighted by molar-refractivity contribution is -0.0675. The molecule has 1 nitrogen and oxygen atoms in total.